The molecule has 2 N–H and O–H groups in total. The molecule has 0 saturated heterocycles. The number of nitrogens with zero attached hydrogens (tertiary/aromatic N) is 2. The second-order valence-electron chi connectivity index (χ2n) is 3.75. The van der Waals surface area contributed by atoms with Gasteiger partial charge in [-0.1, -0.05) is 0 Å². The first-order chi connectivity index (χ1) is 7.72. The van der Waals surface area contributed by atoms with Crippen LogP contribution in [0.5, 0.6) is 0 Å². The van der Waals surface area contributed by atoms with Crippen molar-refractivity contribution >= 4 is 17.6 Å². The molecule has 0 atom stereocenters. The van der Waals surface area contributed by atoms with Gasteiger partial charge in [-0.3, -0.25) is 4.90 Å². The van der Waals surface area contributed by atoms with Gasteiger partial charge in [0, 0.05) is 6.04 Å². The molecular formula is C11H15N3O2. The number of nitrogen functional groups attached to an aromatic ring is 1. The second kappa shape index (κ2) is 4.38. The quantitative estimate of drug-likeness (QED) is 0.844. The predicted molar refractivity (Wildman–Crippen MR) is 61.2 cm³/mol. The van der Waals surface area contributed by atoms with Gasteiger partial charge in [-0.2, -0.15) is 0 Å². The van der Waals surface area contributed by atoms with Crippen molar-refractivity contribution in [3.05, 3.63) is 18.3 Å². The number of carbonyl (C=O) groups is 1. The van der Waals surface area contributed by atoms with Crippen LogP contribution in [-0.4, -0.2) is 23.7 Å². The Morgan fingerprint density at radius 3 is 2.88 bits per heavy atom. The fourth-order valence-corrected chi connectivity index (χ4v) is 1.50. The van der Waals surface area contributed by atoms with E-state index in [1.807, 2.05) is 0 Å². The minimum Gasteiger partial charge on any atom is -0.449 e. The third-order valence-electron chi connectivity index (χ3n) is 2.39. The molecule has 86 valence electrons. The van der Waals surface area contributed by atoms with Crippen molar-refractivity contribution in [2.75, 3.05) is 17.2 Å². The van der Waals surface area contributed by atoms with Crippen molar-refractivity contribution < 1.29 is 9.53 Å². The van der Waals surface area contributed by atoms with Crippen LogP contribution in [0.2, 0.25) is 0 Å². The third kappa shape index (κ3) is 2.24. The first-order valence-electron chi connectivity index (χ1n) is 5.40. The highest BCUT2D eigenvalue weighted by Gasteiger charge is 2.35. The van der Waals surface area contributed by atoms with Gasteiger partial charge >= 0.3 is 6.09 Å². The lowest BCUT2D eigenvalue weighted by molar-refractivity contribution is 0.159. The van der Waals surface area contributed by atoms with Crippen LogP contribution in [0.1, 0.15) is 19.8 Å². The van der Waals surface area contributed by atoms with Gasteiger partial charge in [-0.25, -0.2) is 9.78 Å². The highest BCUT2D eigenvalue weighted by atomic mass is 16.6. The molecule has 1 saturated carbocycles. The fourth-order valence-electron chi connectivity index (χ4n) is 1.50. The topological polar surface area (TPSA) is 68.5 Å². The molecule has 0 aromatic carbocycles. The molecule has 1 amide bonds. The zero-order valence-electron chi connectivity index (χ0n) is 9.22. The van der Waals surface area contributed by atoms with E-state index in [9.17, 15) is 4.79 Å². The number of pyridine rings is 1. The van der Waals surface area contributed by atoms with Crippen molar-refractivity contribution in [1.29, 1.82) is 0 Å². The van der Waals surface area contributed by atoms with Crippen molar-refractivity contribution in [3.63, 3.8) is 0 Å². The summed E-state index contributed by atoms with van der Waals surface area (Å²) in [6.07, 6.45) is 3.22. The first kappa shape index (κ1) is 10.7. The summed E-state index contributed by atoms with van der Waals surface area (Å²) in [6.45, 7) is 2.16. The van der Waals surface area contributed by atoms with Crippen LogP contribution in [0.4, 0.5) is 16.3 Å². The van der Waals surface area contributed by atoms with E-state index in [1.165, 1.54) is 0 Å². The first-order valence-corrected chi connectivity index (χ1v) is 5.40. The van der Waals surface area contributed by atoms with Crippen molar-refractivity contribution in [1.82, 2.24) is 4.98 Å². The molecule has 0 aliphatic heterocycles. The second-order valence-corrected chi connectivity index (χ2v) is 3.75. The molecule has 0 bridgehead atoms. The number of nitrogens with two attached hydrogens (primary N) is 1. The maximum Gasteiger partial charge on any atom is 0.415 e. The van der Waals surface area contributed by atoms with Gasteiger partial charge in [0.15, 0.2) is 0 Å². The Balaban J connectivity index is 2.18. The van der Waals surface area contributed by atoms with E-state index in [1.54, 1.807) is 30.2 Å². The van der Waals surface area contributed by atoms with Gasteiger partial charge in [-0.15, -0.1) is 0 Å². The maximum atomic E-state index is 11.7. The Morgan fingerprint density at radius 2 is 2.38 bits per heavy atom. The molecular weight excluding hydrogens is 206 g/mol. The van der Waals surface area contributed by atoms with Crippen LogP contribution in [0.15, 0.2) is 18.3 Å². The Morgan fingerprint density at radius 1 is 1.62 bits per heavy atom. The smallest absolute Gasteiger partial charge is 0.415 e. The van der Waals surface area contributed by atoms with E-state index in [-0.39, 0.29) is 12.1 Å². The number of anilines is 2. The van der Waals surface area contributed by atoms with Gasteiger partial charge in [0.25, 0.3) is 0 Å². The normalized spacial score (nSPS) is 14.6. The Labute approximate surface area is 94.2 Å². The third-order valence-corrected chi connectivity index (χ3v) is 2.39. The number of carbonyl (C=O) groups excluding carboxylic acids is 1. The molecule has 0 radical (unpaired) electrons. The van der Waals surface area contributed by atoms with Crippen LogP contribution in [0.25, 0.3) is 0 Å². The number of amides is 1. The molecule has 1 aliphatic carbocycles. The molecule has 16 heavy (non-hydrogen) atoms. The highest BCUT2D eigenvalue weighted by molar-refractivity contribution is 5.87. The summed E-state index contributed by atoms with van der Waals surface area (Å²) >= 11 is 0. The zero-order chi connectivity index (χ0) is 11.5. The van der Waals surface area contributed by atoms with E-state index < -0.39 is 0 Å². The van der Waals surface area contributed by atoms with E-state index in [4.69, 9.17) is 10.5 Å². The van der Waals surface area contributed by atoms with E-state index in [0.29, 0.717) is 18.1 Å². The van der Waals surface area contributed by atoms with Crippen LogP contribution in [-0.2, 0) is 4.74 Å². The average Bonchev–Trinajstić information content (AvgIpc) is 3.06. The van der Waals surface area contributed by atoms with Crippen LogP contribution >= 0.6 is 0 Å². The Hall–Kier alpha value is -1.78. The summed E-state index contributed by atoms with van der Waals surface area (Å²) in [5.41, 5.74) is 6.14. The molecule has 1 aliphatic rings. The van der Waals surface area contributed by atoms with Crippen molar-refractivity contribution in [2.45, 2.75) is 25.8 Å². The summed E-state index contributed by atoms with van der Waals surface area (Å²) in [6, 6.07) is 3.71. The van der Waals surface area contributed by atoms with Gasteiger partial charge in [0.1, 0.15) is 5.82 Å². The molecule has 5 heteroatoms. The fraction of sp³-hybridized carbons (Fsp3) is 0.455. The van der Waals surface area contributed by atoms with Crippen molar-refractivity contribution in [3.8, 4) is 0 Å². The molecule has 1 aromatic heterocycles. The molecule has 1 heterocycles. The summed E-state index contributed by atoms with van der Waals surface area (Å²) in [7, 11) is 0. The largest absolute Gasteiger partial charge is 0.449 e. The van der Waals surface area contributed by atoms with Gasteiger partial charge in [-0.05, 0) is 31.9 Å². The Kier molecular flexibility index (Phi) is 2.94. The van der Waals surface area contributed by atoms with Crippen LogP contribution in [0.3, 0.4) is 0 Å². The van der Waals surface area contributed by atoms with E-state index in [2.05, 4.69) is 4.98 Å². The van der Waals surface area contributed by atoms with Crippen molar-refractivity contribution in [2.24, 2.45) is 0 Å². The zero-order valence-corrected chi connectivity index (χ0v) is 9.22. The Bertz CT molecular complexity index is 373. The van der Waals surface area contributed by atoms with E-state index >= 15 is 0 Å². The van der Waals surface area contributed by atoms with Crippen LogP contribution in [0, 0.1) is 0 Å². The summed E-state index contributed by atoms with van der Waals surface area (Å²) < 4.78 is 5.01. The van der Waals surface area contributed by atoms with Gasteiger partial charge < -0.3 is 10.5 Å². The molecule has 0 unspecified atom stereocenters. The number of hydrogen-bond donors (Lipinski definition) is 1. The molecule has 1 fully saturated rings. The minimum atomic E-state index is -0.331. The lowest BCUT2D eigenvalue weighted by Gasteiger charge is -2.20. The summed E-state index contributed by atoms with van der Waals surface area (Å²) in [5.74, 6) is 0.607. The standard InChI is InChI=1S/C11H15N3O2/c1-2-16-11(15)14(9-4-5-9)10-6-3-8(12)7-13-10/h3,6-7,9H,2,4-5,12H2,1H3. The lowest BCUT2D eigenvalue weighted by Crippen LogP contribution is -2.34. The van der Waals surface area contributed by atoms with Crippen LogP contribution < -0.4 is 10.6 Å². The number of aromatic nitrogens is 1. The summed E-state index contributed by atoms with van der Waals surface area (Å²) in [5, 5.41) is 0. The monoisotopic (exact) mass is 221 g/mol. The summed E-state index contributed by atoms with van der Waals surface area (Å²) in [4.78, 5) is 17.5. The van der Waals surface area contributed by atoms with Gasteiger partial charge in [0.05, 0.1) is 18.5 Å². The molecule has 0 spiro atoms. The molecule has 5 nitrogen and oxygen atoms in total. The lowest BCUT2D eigenvalue weighted by atomic mass is 10.4. The number of hydrogen-bond acceptors (Lipinski definition) is 4. The number of ether oxygens (including phenoxy) is 1. The van der Waals surface area contributed by atoms with E-state index in [0.717, 1.165) is 12.8 Å². The minimum absolute atomic E-state index is 0.232. The number of rotatable bonds is 3. The van der Waals surface area contributed by atoms with Gasteiger partial charge in [0.2, 0.25) is 0 Å². The highest BCUT2D eigenvalue weighted by Crippen LogP contribution is 2.31. The SMILES string of the molecule is CCOC(=O)N(c1ccc(N)cn1)C1CC1. The average molecular weight is 221 g/mol. The predicted octanol–water partition coefficient (Wildman–Crippen LogP) is 1.79. The molecule has 2 rings (SSSR count). The maximum absolute atomic E-state index is 11.7. The molecule has 1 aromatic rings.